The van der Waals surface area contributed by atoms with Crippen LogP contribution < -0.4 is 0 Å². The number of carbonyl (C=O) groups is 1. The highest BCUT2D eigenvalue weighted by Crippen LogP contribution is 2.08. The molecule has 0 aliphatic carbocycles. The molecule has 0 saturated heterocycles. The van der Waals surface area contributed by atoms with Crippen LogP contribution in [0.15, 0.2) is 24.3 Å². The van der Waals surface area contributed by atoms with E-state index in [0.717, 1.165) is 37.1 Å². The summed E-state index contributed by atoms with van der Waals surface area (Å²) in [4.78, 5) is 14.1. The highest BCUT2D eigenvalue weighted by Gasteiger charge is 2.13. The lowest BCUT2D eigenvalue weighted by Gasteiger charge is -2.21. The van der Waals surface area contributed by atoms with E-state index in [1.807, 2.05) is 29.2 Å². The summed E-state index contributed by atoms with van der Waals surface area (Å²) in [5.41, 5.74) is 1.70. The number of nitrogens with zero attached hydrogens (tertiary/aromatic N) is 1. The maximum atomic E-state index is 12.1. The van der Waals surface area contributed by atoms with Gasteiger partial charge in [0.05, 0.1) is 0 Å². The number of hydrogen-bond donors (Lipinski definition) is 0. The van der Waals surface area contributed by atoms with Crippen LogP contribution in [0.25, 0.3) is 0 Å². The molecule has 0 N–H and O–H groups in total. The van der Waals surface area contributed by atoms with Crippen molar-refractivity contribution in [3.63, 3.8) is 0 Å². The summed E-state index contributed by atoms with van der Waals surface area (Å²) in [5, 5.41) is 0. The van der Waals surface area contributed by atoms with Crippen LogP contribution >= 0.6 is 0 Å². The molecule has 0 spiro atoms. The van der Waals surface area contributed by atoms with Gasteiger partial charge in [-0.15, -0.1) is 0 Å². The zero-order valence-electron chi connectivity index (χ0n) is 10.2. The second kappa shape index (κ2) is 6.31. The van der Waals surface area contributed by atoms with E-state index in [2.05, 4.69) is 20.8 Å². The number of carbonyl (C=O) groups excluding carboxylic acids is 1. The Bertz CT molecular complexity index is 323. The Labute approximate surface area is 98.3 Å². The van der Waals surface area contributed by atoms with Crippen molar-refractivity contribution in [3.8, 4) is 0 Å². The number of benzene rings is 1. The Morgan fingerprint density at radius 1 is 1.12 bits per heavy atom. The summed E-state index contributed by atoms with van der Waals surface area (Å²) in [6.07, 6.45) is 2.00. The van der Waals surface area contributed by atoms with E-state index in [1.165, 1.54) is 0 Å². The van der Waals surface area contributed by atoms with Crippen molar-refractivity contribution in [2.24, 2.45) is 0 Å². The molecule has 0 aromatic heterocycles. The molecular weight excluding hydrogens is 198 g/mol. The normalized spacial score (nSPS) is 10.2. The molecule has 0 unspecified atom stereocenters. The first-order valence-corrected chi connectivity index (χ1v) is 5.90. The molecule has 0 heterocycles. The van der Waals surface area contributed by atoms with E-state index in [-0.39, 0.29) is 5.91 Å². The van der Waals surface area contributed by atoms with Gasteiger partial charge in [0.1, 0.15) is 0 Å². The monoisotopic (exact) mass is 218 g/mol. The third-order valence-electron chi connectivity index (χ3n) is 2.48. The van der Waals surface area contributed by atoms with E-state index < -0.39 is 0 Å². The maximum Gasteiger partial charge on any atom is 0.253 e. The van der Waals surface area contributed by atoms with Gasteiger partial charge in [-0.3, -0.25) is 4.79 Å². The average molecular weight is 218 g/mol. The van der Waals surface area contributed by atoms with E-state index >= 15 is 0 Å². The summed E-state index contributed by atoms with van der Waals surface area (Å²) in [7, 11) is 0. The molecule has 1 aromatic carbocycles. The molecular formula is C14H20NO. The van der Waals surface area contributed by atoms with Gasteiger partial charge in [-0.1, -0.05) is 26.0 Å². The predicted octanol–water partition coefficient (Wildman–Crippen LogP) is 3.13. The Balaban J connectivity index is 2.77. The van der Waals surface area contributed by atoms with Crippen LogP contribution in [0, 0.1) is 6.92 Å². The summed E-state index contributed by atoms with van der Waals surface area (Å²) in [6.45, 7) is 9.66. The first-order valence-electron chi connectivity index (χ1n) is 5.90. The smallest absolute Gasteiger partial charge is 0.253 e. The molecule has 1 aromatic rings. The van der Waals surface area contributed by atoms with Crippen molar-refractivity contribution in [1.82, 2.24) is 4.90 Å². The highest BCUT2D eigenvalue weighted by molar-refractivity contribution is 5.94. The Kier molecular flexibility index (Phi) is 5.03. The lowest BCUT2D eigenvalue weighted by Crippen LogP contribution is -2.32. The van der Waals surface area contributed by atoms with E-state index in [1.54, 1.807) is 0 Å². The standard InChI is InChI=1S/C14H20NO/c1-4-10-15(11-5-2)14(16)13-8-6-12(3)7-9-13/h6-9H,3-5,10-11H2,1-2H3. The van der Waals surface area contributed by atoms with Gasteiger partial charge in [-0.2, -0.15) is 0 Å². The van der Waals surface area contributed by atoms with E-state index in [9.17, 15) is 4.79 Å². The zero-order chi connectivity index (χ0) is 12.0. The summed E-state index contributed by atoms with van der Waals surface area (Å²) >= 11 is 0. The molecule has 87 valence electrons. The second-order valence-corrected chi connectivity index (χ2v) is 3.99. The third-order valence-corrected chi connectivity index (χ3v) is 2.48. The van der Waals surface area contributed by atoms with Crippen LogP contribution in [0.1, 0.15) is 42.6 Å². The lowest BCUT2D eigenvalue weighted by molar-refractivity contribution is 0.0755. The number of hydrogen-bond acceptors (Lipinski definition) is 1. The predicted molar refractivity (Wildman–Crippen MR) is 67.4 cm³/mol. The van der Waals surface area contributed by atoms with Crippen molar-refractivity contribution in [2.75, 3.05) is 13.1 Å². The summed E-state index contributed by atoms with van der Waals surface area (Å²) < 4.78 is 0. The molecule has 0 aliphatic rings. The van der Waals surface area contributed by atoms with Crippen LogP contribution in [0.2, 0.25) is 0 Å². The third kappa shape index (κ3) is 3.37. The molecule has 2 heteroatoms. The molecule has 0 atom stereocenters. The minimum absolute atomic E-state index is 0.128. The van der Waals surface area contributed by atoms with Crippen molar-refractivity contribution >= 4 is 5.91 Å². The first kappa shape index (κ1) is 12.8. The van der Waals surface area contributed by atoms with Crippen molar-refractivity contribution < 1.29 is 4.79 Å². The number of rotatable bonds is 5. The van der Waals surface area contributed by atoms with Gasteiger partial charge in [0, 0.05) is 18.7 Å². The molecule has 0 saturated carbocycles. The summed E-state index contributed by atoms with van der Waals surface area (Å²) in [6, 6.07) is 7.46. The van der Waals surface area contributed by atoms with Gasteiger partial charge >= 0.3 is 0 Å². The molecule has 2 nitrogen and oxygen atoms in total. The van der Waals surface area contributed by atoms with Crippen LogP contribution in [0.4, 0.5) is 0 Å². The highest BCUT2D eigenvalue weighted by atomic mass is 16.2. The first-order chi connectivity index (χ1) is 7.69. The SMILES string of the molecule is [CH2]c1ccc(C(=O)N(CCC)CCC)cc1. The van der Waals surface area contributed by atoms with E-state index in [4.69, 9.17) is 0 Å². The molecule has 1 radical (unpaired) electrons. The maximum absolute atomic E-state index is 12.1. The van der Waals surface area contributed by atoms with Gasteiger partial charge in [-0.05, 0) is 37.5 Å². The van der Waals surface area contributed by atoms with Gasteiger partial charge < -0.3 is 4.90 Å². The molecule has 0 bridgehead atoms. The molecule has 1 amide bonds. The molecule has 1 rings (SSSR count). The fourth-order valence-corrected chi connectivity index (χ4v) is 1.68. The second-order valence-electron chi connectivity index (χ2n) is 3.99. The number of amides is 1. The minimum Gasteiger partial charge on any atom is -0.339 e. The fraction of sp³-hybridized carbons (Fsp3) is 0.429. The Morgan fingerprint density at radius 2 is 1.62 bits per heavy atom. The molecule has 16 heavy (non-hydrogen) atoms. The van der Waals surface area contributed by atoms with Crippen LogP contribution in [0.5, 0.6) is 0 Å². The van der Waals surface area contributed by atoms with Crippen LogP contribution in [-0.4, -0.2) is 23.9 Å². The zero-order valence-corrected chi connectivity index (χ0v) is 10.2. The average Bonchev–Trinajstić information content (AvgIpc) is 2.29. The fourth-order valence-electron chi connectivity index (χ4n) is 1.68. The van der Waals surface area contributed by atoms with Crippen LogP contribution in [-0.2, 0) is 0 Å². The van der Waals surface area contributed by atoms with Gasteiger partial charge in [0.15, 0.2) is 0 Å². The Hall–Kier alpha value is -1.31. The van der Waals surface area contributed by atoms with Gasteiger partial charge in [-0.25, -0.2) is 0 Å². The van der Waals surface area contributed by atoms with Crippen molar-refractivity contribution in [2.45, 2.75) is 26.7 Å². The topological polar surface area (TPSA) is 20.3 Å². The largest absolute Gasteiger partial charge is 0.339 e. The van der Waals surface area contributed by atoms with Crippen molar-refractivity contribution in [1.29, 1.82) is 0 Å². The molecule has 0 aliphatic heterocycles. The summed E-state index contributed by atoms with van der Waals surface area (Å²) in [5.74, 6) is 0.128. The molecule has 0 fully saturated rings. The minimum atomic E-state index is 0.128. The van der Waals surface area contributed by atoms with Gasteiger partial charge in [0.25, 0.3) is 5.91 Å². The lowest BCUT2D eigenvalue weighted by atomic mass is 10.1. The quantitative estimate of drug-likeness (QED) is 0.743. The van der Waals surface area contributed by atoms with Crippen molar-refractivity contribution in [3.05, 3.63) is 42.3 Å². The van der Waals surface area contributed by atoms with Crippen LogP contribution in [0.3, 0.4) is 0 Å². The Morgan fingerprint density at radius 3 is 2.06 bits per heavy atom. The van der Waals surface area contributed by atoms with E-state index in [0.29, 0.717) is 0 Å². The van der Waals surface area contributed by atoms with Gasteiger partial charge in [0.2, 0.25) is 0 Å².